The SMILES string of the molecule is CC(=O)CC(=O)c1ccccc1-c1ccccn1. The first-order valence-electron chi connectivity index (χ1n) is 5.71. The maximum absolute atomic E-state index is 12.0. The Morgan fingerprint density at radius 1 is 1.06 bits per heavy atom. The predicted octanol–water partition coefficient (Wildman–Crippen LogP) is 2.91. The summed E-state index contributed by atoms with van der Waals surface area (Å²) < 4.78 is 0. The highest BCUT2D eigenvalue weighted by Gasteiger charge is 2.14. The molecular formula is C15H13NO2. The fourth-order valence-electron chi connectivity index (χ4n) is 1.79. The third kappa shape index (κ3) is 2.69. The number of carbonyl (C=O) groups is 2. The molecule has 0 aliphatic heterocycles. The maximum atomic E-state index is 12.0. The first kappa shape index (κ1) is 12.2. The summed E-state index contributed by atoms with van der Waals surface area (Å²) in [6.45, 7) is 1.42. The van der Waals surface area contributed by atoms with E-state index in [1.807, 2.05) is 30.3 Å². The van der Waals surface area contributed by atoms with Crippen molar-refractivity contribution >= 4 is 11.6 Å². The summed E-state index contributed by atoms with van der Waals surface area (Å²) in [5.74, 6) is -0.292. The Bertz CT molecular complexity index is 576. The highest BCUT2D eigenvalue weighted by molar-refractivity contribution is 6.10. The number of benzene rings is 1. The molecule has 3 nitrogen and oxygen atoms in total. The van der Waals surface area contributed by atoms with Crippen molar-refractivity contribution in [3.8, 4) is 11.3 Å². The van der Waals surface area contributed by atoms with Crippen molar-refractivity contribution in [2.75, 3.05) is 0 Å². The van der Waals surface area contributed by atoms with Crippen LogP contribution in [-0.2, 0) is 4.79 Å². The molecule has 0 radical (unpaired) electrons. The third-order valence-electron chi connectivity index (χ3n) is 2.58. The van der Waals surface area contributed by atoms with Crippen molar-refractivity contribution < 1.29 is 9.59 Å². The van der Waals surface area contributed by atoms with E-state index < -0.39 is 0 Å². The summed E-state index contributed by atoms with van der Waals surface area (Å²) in [6, 6.07) is 12.8. The Hall–Kier alpha value is -2.29. The summed E-state index contributed by atoms with van der Waals surface area (Å²) in [6.07, 6.45) is 1.62. The van der Waals surface area contributed by atoms with Gasteiger partial charge in [0.25, 0.3) is 0 Å². The van der Waals surface area contributed by atoms with Crippen LogP contribution in [0.15, 0.2) is 48.7 Å². The second-order valence-corrected chi connectivity index (χ2v) is 4.06. The monoisotopic (exact) mass is 239 g/mol. The molecule has 0 aliphatic rings. The van der Waals surface area contributed by atoms with Gasteiger partial charge in [0.1, 0.15) is 5.78 Å². The van der Waals surface area contributed by atoms with Gasteiger partial charge in [-0.05, 0) is 19.1 Å². The second kappa shape index (κ2) is 5.36. The molecule has 0 N–H and O–H groups in total. The second-order valence-electron chi connectivity index (χ2n) is 4.06. The quantitative estimate of drug-likeness (QED) is 0.608. The van der Waals surface area contributed by atoms with Crippen LogP contribution in [-0.4, -0.2) is 16.6 Å². The summed E-state index contributed by atoms with van der Waals surface area (Å²) in [4.78, 5) is 27.3. The Morgan fingerprint density at radius 2 is 1.78 bits per heavy atom. The van der Waals surface area contributed by atoms with Gasteiger partial charge < -0.3 is 0 Å². The van der Waals surface area contributed by atoms with E-state index in [4.69, 9.17) is 0 Å². The van der Waals surface area contributed by atoms with Gasteiger partial charge in [-0.25, -0.2) is 0 Å². The molecule has 0 fully saturated rings. The minimum absolute atomic E-state index is 0.0656. The molecule has 2 aromatic rings. The molecule has 3 heteroatoms. The molecule has 0 unspecified atom stereocenters. The first-order valence-corrected chi connectivity index (χ1v) is 5.71. The average molecular weight is 239 g/mol. The van der Waals surface area contributed by atoms with Crippen molar-refractivity contribution in [3.63, 3.8) is 0 Å². The zero-order chi connectivity index (χ0) is 13.0. The van der Waals surface area contributed by atoms with E-state index in [1.165, 1.54) is 6.92 Å². The lowest BCUT2D eigenvalue weighted by molar-refractivity contribution is -0.116. The number of aromatic nitrogens is 1. The van der Waals surface area contributed by atoms with Gasteiger partial charge in [0.05, 0.1) is 12.1 Å². The highest BCUT2D eigenvalue weighted by atomic mass is 16.1. The van der Waals surface area contributed by atoms with E-state index in [0.717, 1.165) is 11.3 Å². The summed E-state index contributed by atoms with van der Waals surface area (Å²) in [5.41, 5.74) is 2.06. The Labute approximate surface area is 105 Å². The van der Waals surface area contributed by atoms with Crippen LogP contribution in [0.3, 0.4) is 0 Å². The van der Waals surface area contributed by atoms with Crippen LogP contribution in [0.2, 0.25) is 0 Å². The molecule has 0 saturated carbocycles. The summed E-state index contributed by atoms with van der Waals surface area (Å²) >= 11 is 0. The van der Waals surface area contributed by atoms with E-state index in [9.17, 15) is 9.59 Å². The Morgan fingerprint density at radius 3 is 2.44 bits per heavy atom. The molecule has 1 heterocycles. The average Bonchev–Trinajstić information content (AvgIpc) is 2.39. The minimum Gasteiger partial charge on any atom is -0.300 e. The van der Waals surface area contributed by atoms with Crippen LogP contribution in [0.5, 0.6) is 0 Å². The molecular weight excluding hydrogens is 226 g/mol. The van der Waals surface area contributed by atoms with Crippen LogP contribution in [0.4, 0.5) is 0 Å². The molecule has 0 aliphatic carbocycles. The van der Waals surface area contributed by atoms with Crippen LogP contribution < -0.4 is 0 Å². The molecule has 0 bridgehead atoms. The lowest BCUT2D eigenvalue weighted by atomic mass is 9.98. The number of nitrogens with zero attached hydrogens (tertiary/aromatic N) is 1. The van der Waals surface area contributed by atoms with Crippen molar-refractivity contribution in [1.29, 1.82) is 0 Å². The number of Topliss-reactive ketones (excluding diaryl/α,β-unsaturated/α-hetero) is 2. The van der Waals surface area contributed by atoms with E-state index in [0.29, 0.717) is 5.56 Å². The molecule has 0 amide bonds. The van der Waals surface area contributed by atoms with E-state index >= 15 is 0 Å². The van der Waals surface area contributed by atoms with Crippen molar-refractivity contribution in [3.05, 3.63) is 54.2 Å². The molecule has 0 atom stereocenters. The molecule has 0 spiro atoms. The van der Waals surface area contributed by atoms with E-state index in [2.05, 4.69) is 4.98 Å². The predicted molar refractivity (Wildman–Crippen MR) is 69.3 cm³/mol. The van der Waals surface area contributed by atoms with Crippen LogP contribution >= 0.6 is 0 Å². The fraction of sp³-hybridized carbons (Fsp3) is 0.133. The van der Waals surface area contributed by atoms with Crippen LogP contribution in [0.25, 0.3) is 11.3 Å². The number of hydrogen-bond donors (Lipinski definition) is 0. The Kier molecular flexibility index (Phi) is 3.63. The maximum Gasteiger partial charge on any atom is 0.170 e. The number of ketones is 2. The lowest BCUT2D eigenvalue weighted by Gasteiger charge is -2.07. The standard InChI is InChI=1S/C15H13NO2/c1-11(17)10-15(18)13-7-3-2-6-12(13)14-8-4-5-9-16-14/h2-9H,10H2,1H3. The smallest absolute Gasteiger partial charge is 0.170 e. The van der Waals surface area contributed by atoms with Gasteiger partial charge in [0, 0.05) is 17.3 Å². The third-order valence-corrected chi connectivity index (χ3v) is 2.58. The molecule has 90 valence electrons. The van der Waals surface area contributed by atoms with Gasteiger partial charge in [-0.2, -0.15) is 0 Å². The first-order chi connectivity index (χ1) is 8.68. The van der Waals surface area contributed by atoms with Gasteiger partial charge >= 0.3 is 0 Å². The molecule has 2 rings (SSSR count). The Balaban J connectivity index is 2.44. The normalized spacial score (nSPS) is 10.1. The number of pyridine rings is 1. The zero-order valence-corrected chi connectivity index (χ0v) is 10.1. The van der Waals surface area contributed by atoms with Crippen molar-refractivity contribution in [1.82, 2.24) is 4.98 Å². The summed E-state index contributed by atoms with van der Waals surface area (Å²) in [5, 5.41) is 0. The number of rotatable bonds is 4. The largest absolute Gasteiger partial charge is 0.300 e. The molecule has 0 saturated heterocycles. The van der Waals surface area contributed by atoms with Gasteiger partial charge in [-0.1, -0.05) is 30.3 Å². The minimum atomic E-state index is -0.163. The van der Waals surface area contributed by atoms with Crippen molar-refractivity contribution in [2.24, 2.45) is 0 Å². The van der Waals surface area contributed by atoms with Gasteiger partial charge in [0.15, 0.2) is 5.78 Å². The van der Waals surface area contributed by atoms with Crippen LogP contribution in [0.1, 0.15) is 23.7 Å². The highest BCUT2D eigenvalue weighted by Crippen LogP contribution is 2.22. The number of hydrogen-bond acceptors (Lipinski definition) is 3. The van der Waals surface area contributed by atoms with Gasteiger partial charge in [0.2, 0.25) is 0 Å². The lowest BCUT2D eigenvalue weighted by Crippen LogP contribution is -2.06. The topological polar surface area (TPSA) is 47.0 Å². The van der Waals surface area contributed by atoms with Crippen LogP contribution in [0, 0.1) is 0 Å². The molecule has 18 heavy (non-hydrogen) atoms. The van der Waals surface area contributed by atoms with Gasteiger partial charge in [-0.15, -0.1) is 0 Å². The number of carbonyl (C=O) groups excluding carboxylic acids is 2. The fourth-order valence-corrected chi connectivity index (χ4v) is 1.79. The molecule has 1 aromatic heterocycles. The van der Waals surface area contributed by atoms with E-state index in [1.54, 1.807) is 18.3 Å². The summed E-state index contributed by atoms with van der Waals surface area (Å²) in [7, 11) is 0. The van der Waals surface area contributed by atoms with Gasteiger partial charge in [-0.3, -0.25) is 14.6 Å². The van der Waals surface area contributed by atoms with Crippen molar-refractivity contribution in [2.45, 2.75) is 13.3 Å². The molecule has 1 aromatic carbocycles. The zero-order valence-electron chi connectivity index (χ0n) is 10.1. The van der Waals surface area contributed by atoms with E-state index in [-0.39, 0.29) is 18.0 Å².